The average molecular weight is 358 g/mol. The Hall–Kier alpha value is -2.66. The molecule has 2 N–H and O–H groups in total. The van der Waals surface area contributed by atoms with E-state index in [1.807, 2.05) is 38.1 Å². The van der Waals surface area contributed by atoms with E-state index in [9.17, 15) is 9.59 Å². The summed E-state index contributed by atoms with van der Waals surface area (Å²) in [5.74, 6) is -1.58. The van der Waals surface area contributed by atoms with Crippen LogP contribution in [0, 0.1) is 6.92 Å². The molecule has 0 aliphatic rings. The lowest BCUT2D eigenvalue weighted by Gasteiger charge is -2.07. The highest BCUT2D eigenvalue weighted by Gasteiger charge is 2.13. The van der Waals surface area contributed by atoms with E-state index in [2.05, 4.69) is 15.8 Å². The lowest BCUT2D eigenvalue weighted by atomic mass is 10.1. The van der Waals surface area contributed by atoms with Gasteiger partial charge in [-0.15, -0.1) is 0 Å². The highest BCUT2D eigenvalue weighted by atomic mass is 35.5. The van der Waals surface area contributed by atoms with E-state index in [0.717, 1.165) is 17.5 Å². The van der Waals surface area contributed by atoms with Gasteiger partial charge in [0.2, 0.25) is 0 Å². The van der Waals surface area contributed by atoms with E-state index in [-0.39, 0.29) is 0 Å². The van der Waals surface area contributed by atoms with Crippen LogP contribution in [-0.2, 0) is 9.59 Å². The monoisotopic (exact) mass is 357 g/mol. The standard InChI is InChI=1S/C19H20ClN3O2/c1-3-4-17(14-7-9-15(20)10-8-14)22-23-19(25)18(24)21-16-11-5-13(2)6-12-16/h5-12H,3-4H2,1-2H3,(H,21,24)(H,23,25)/b22-17-. The van der Waals surface area contributed by atoms with Gasteiger partial charge in [-0.1, -0.05) is 54.8 Å². The Morgan fingerprint density at radius 1 is 1.00 bits per heavy atom. The molecule has 2 amide bonds. The first-order valence-electron chi connectivity index (χ1n) is 8.00. The molecule has 130 valence electrons. The van der Waals surface area contributed by atoms with Crippen molar-refractivity contribution in [1.82, 2.24) is 5.43 Å². The molecule has 0 bridgehead atoms. The second kappa shape index (κ2) is 8.99. The number of rotatable bonds is 5. The van der Waals surface area contributed by atoms with Crippen LogP contribution in [0.4, 0.5) is 5.69 Å². The van der Waals surface area contributed by atoms with Gasteiger partial charge < -0.3 is 5.32 Å². The lowest BCUT2D eigenvalue weighted by molar-refractivity contribution is -0.136. The normalized spacial score (nSPS) is 11.1. The highest BCUT2D eigenvalue weighted by molar-refractivity contribution is 6.39. The minimum atomic E-state index is -0.817. The van der Waals surface area contributed by atoms with Crippen molar-refractivity contribution in [2.24, 2.45) is 5.10 Å². The molecule has 0 aliphatic heterocycles. The van der Waals surface area contributed by atoms with Crippen molar-refractivity contribution < 1.29 is 9.59 Å². The van der Waals surface area contributed by atoms with Gasteiger partial charge in [-0.2, -0.15) is 5.10 Å². The Bertz CT molecular complexity index is 768. The molecule has 6 heteroatoms. The molecule has 0 radical (unpaired) electrons. The Morgan fingerprint density at radius 3 is 2.24 bits per heavy atom. The van der Waals surface area contributed by atoms with Crippen molar-refractivity contribution >= 4 is 34.8 Å². The van der Waals surface area contributed by atoms with E-state index in [0.29, 0.717) is 22.8 Å². The van der Waals surface area contributed by atoms with Crippen molar-refractivity contribution in [3.8, 4) is 0 Å². The number of nitrogens with zero attached hydrogens (tertiary/aromatic N) is 1. The van der Waals surface area contributed by atoms with E-state index >= 15 is 0 Å². The molecule has 0 spiro atoms. The van der Waals surface area contributed by atoms with Crippen LogP contribution >= 0.6 is 11.6 Å². The summed E-state index contributed by atoms with van der Waals surface area (Å²) in [4.78, 5) is 23.9. The largest absolute Gasteiger partial charge is 0.329 e. The molecule has 0 atom stereocenters. The molecule has 0 heterocycles. The van der Waals surface area contributed by atoms with E-state index in [4.69, 9.17) is 11.6 Å². The highest BCUT2D eigenvalue weighted by Crippen LogP contribution is 2.12. The minimum Gasteiger partial charge on any atom is -0.318 e. The predicted octanol–water partition coefficient (Wildman–Crippen LogP) is 3.91. The molecule has 2 aromatic carbocycles. The molecule has 0 aliphatic carbocycles. The quantitative estimate of drug-likeness (QED) is 0.484. The van der Waals surface area contributed by atoms with Gasteiger partial charge in [0.15, 0.2) is 0 Å². The van der Waals surface area contributed by atoms with Gasteiger partial charge in [0, 0.05) is 10.7 Å². The molecule has 2 rings (SSSR count). The van der Waals surface area contributed by atoms with Gasteiger partial charge in [0.25, 0.3) is 0 Å². The molecule has 2 aromatic rings. The maximum absolute atomic E-state index is 12.0. The zero-order valence-corrected chi connectivity index (χ0v) is 14.9. The Labute approximate surface area is 152 Å². The first-order chi connectivity index (χ1) is 12.0. The summed E-state index contributed by atoms with van der Waals surface area (Å²) in [7, 11) is 0. The van der Waals surface area contributed by atoms with Gasteiger partial charge in [-0.3, -0.25) is 9.59 Å². The van der Waals surface area contributed by atoms with Crippen LogP contribution in [0.2, 0.25) is 5.02 Å². The molecule has 25 heavy (non-hydrogen) atoms. The van der Waals surface area contributed by atoms with Crippen LogP contribution in [0.5, 0.6) is 0 Å². The van der Waals surface area contributed by atoms with Crippen LogP contribution in [0.1, 0.15) is 30.9 Å². The number of nitrogens with one attached hydrogen (secondary N) is 2. The molecule has 0 fully saturated rings. The number of hydrogen-bond acceptors (Lipinski definition) is 3. The van der Waals surface area contributed by atoms with E-state index < -0.39 is 11.8 Å². The van der Waals surface area contributed by atoms with Crippen molar-refractivity contribution in [3.05, 3.63) is 64.7 Å². The van der Waals surface area contributed by atoms with Crippen LogP contribution < -0.4 is 10.7 Å². The summed E-state index contributed by atoms with van der Waals surface area (Å²) in [6, 6.07) is 14.4. The number of amides is 2. The van der Waals surface area contributed by atoms with Crippen LogP contribution in [0.15, 0.2) is 53.6 Å². The topological polar surface area (TPSA) is 70.6 Å². The number of aryl methyl sites for hydroxylation is 1. The molecule has 0 saturated carbocycles. The minimum absolute atomic E-state index is 0.557. The number of hydrazone groups is 1. The molecule has 0 saturated heterocycles. The van der Waals surface area contributed by atoms with Gasteiger partial charge >= 0.3 is 11.8 Å². The van der Waals surface area contributed by atoms with Gasteiger partial charge in [0.1, 0.15) is 0 Å². The second-order valence-electron chi connectivity index (χ2n) is 5.58. The van der Waals surface area contributed by atoms with Crippen LogP contribution in [-0.4, -0.2) is 17.5 Å². The number of halogens is 1. The summed E-state index contributed by atoms with van der Waals surface area (Å²) in [5, 5.41) is 7.26. The molecule has 0 unspecified atom stereocenters. The Kier molecular flexibility index (Phi) is 6.71. The van der Waals surface area contributed by atoms with Crippen molar-refractivity contribution in [3.63, 3.8) is 0 Å². The summed E-state index contributed by atoms with van der Waals surface area (Å²) in [6.07, 6.45) is 1.52. The molecule has 0 aromatic heterocycles. The summed E-state index contributed by atoms with van der Waals surface area (Å²) < 4.78 is 0. The zero-order chi connectivity index (χ0) is 18.2. The number of carbonyl (C=O) groups is 2. The smallest absolute Gasteiger partial charge is 0.318 e. The Morgan fingerprint density at radius 2 is 1.64 bits per heavy atom. The third-order valence-corrected chi connectivity index (χ3v) is 3.72. The van der Waals surface area contributed by atoms with Gasteiger partial charge in [-0.25, -0.2) is 5.43 Å². The maximum Gasteiger partial charge on any atom is 0.329 e. The fourth-order valence-corrected chi connectivity index (χ4v) is 2.26. The van der Waals surface area contributed by atoms with Crippen LogP contribution in [0.3, 0.4) is 0 Å². The van der Waals surface area contributed by atoms with Crippen LogP contribution in [0.25, 0.3) is 0 Å². The van der Waals surface area contributed by atoms with Crippen molar-refractivity contribution in [2.75, 3.05) is 5.32 Å². The number of carbonyl (C=O) groups excluding carboxylic acids is 2. The lowest BCUT2D eigenvalue weighted by Crippen LogP contribution is -2.33. The Balaban J connectivity index is 2.03. The second-order valence-corrected chi connectivity index (χ2v) is 6.01. The average Bonchev–Trinajstić information content (AvgIpc) is 2.61. The SMILES string of the molecule is CCC/C(=N/NC(=O)C(=O)Nc1ccc(C)cc1)c1ccc(Cl)cc1. The van der Waals surface area contributed by atoms with E-state index in [1.54, 1.807) is 24.3 Å². The molecular formula is C19H20ClN3O2. The fraction of sp³-hybridized carbons (Fsp3) is 0.211. The number of hydrogen-bond donors (Lipinski definition) is 2. The van der Waals surface area contributed by atoms with Gasteiger partial charge in [-0.05, 0) is 43.2 Å². The van der Waals surface area contributed by atoms with E-state index in [1.165, 1.54) is 0 Å². The summed E-state index contributed by atoms with van der Waals surface area (Å²) in [5.41, 5.74) is 5.48. The predicted molar refractivity (Wildman–Crippen MR) is 101 cm³/mol. The first-order valence-corrected chi connectivity index (χ1v) is 8.38. The van der Waals surface area contributed by atoms with Crippen molar-refractivity contribution in [1.29, 1.82) is 0 Å². The first kappa shape index (κ1) is 18.7. The number of anilines is 1. The fourth-order valence-electron chi connectivity index (χ4n) is 2.14. The van der Waals surface area contributed by atoms with Crippen molar-refractivity contribution in [2.45, 2.75) is 26.7 Å². The summed E-state index contributed by atoms with van der Waals surface area (Å²) in [6.45, 7) is 3.95. The molecular weight excluding hydrogens is 338 g/mol. The third kappa shape index (κ3) is 5.72. The summed E-state index contributed by atoms with van der Waals surface area (Å²) >= 11 is 5.89. The third-order valence-electron chi connectivity index (χ3n) is 3.47. The maximum atomic E-state index is 12.0. The van der Waals surface area contributed by atoms with Gasteiger partial charge in [0.05, 0.1) is 5.71 Å². The zero-order valence-electron chi connectivity index (χ0n) is 14.2. The number of benzene rings is 2. The molecule has 5 nitrogen and oxygen atoms in total.